The fourth-order valence-electron chi connectivity index (χ4n) is 6.10. The Bertz CT molecular complexity index is 436. The molecule has 0 unspecified atom stereocenters. The third-order valence-corrected chi connectivity index (χ3v) is 7.83. The predicted molar refractivity (Wildman–Crippen MR) is 118 cm³/mol. The second-order valence-electron chi connectivity index (χ2n) is 10.4. The highest BCUT2D eigenvalue weighted by Crippen LogP contribution is 2.25. The maximum Gasteiger partial charge on any atom is 0.0107 e. The molecule has 4 fully saturated rings. The fourth-order valence-corrected chi connectivity index (χ4v) is 6.10. The molecule has 0 radical (unpaired) electrons. The molecule has 0 aliphatic carbocycles. The second kappa shape index (κ2) is 10.7. The molecule has 28 heavy (non-hydrogen) atoms. The number of likely N-dealkylation sites (tertiary alicyclic amines) is 2. The summed E-state index contributed by atoms with van der Waals surface area (Å²) in [6.07, 6.45) is 7.13. The van der Waals surface area contributed by atoms with Gasteiger partial charge >= 0.3 is 0 Å². The van der Waals surface area contributed by atoms with E-state index in [1.165, 1.54) is 117 Å². The molecule has 4 aliphatic heterocycles. The Morgan fingerprint density at radius 2 is 1.11 bits per heavy atom. The number of rotatable bonds is 6. The zero-order valence-electron chi connectivity index (χ0n) is 18.4. The highest BCUT2D eigenvalue weighted by molar-refractivity contribution is 4.82. The molecule has 0 amide bonds. The average Bonchev–Trinajstić information content (AvgIpc) is 2.72. The van der Waals surface area contributed by atoms with Crippen LogP contribution in [0.25, 0.3) is 0 Å². The van der Waals surface area contributed by atoms with Crippen LogP contribution in [-0.2, 0) is 0 Å². The van der Waals surface area contributed by atoms with Crippen LogP contribution in [0.2, 0.25) is 0 Å². The summed E-state index contributed by atoms with van der Waals surface area (Å²) in [5, 5.41) is 7.10. The van der Waals surface area contributed by atoms with Crippen molar-refractivity contribution < 1.29 is 0 Å². The molecule has 4 heterocycles. The lowest BCUT2D eigenvalue weighted by molar-refractivity contribution is 0.0937. The third kappa shape index (κ3) is 6.40. The van der Waals surface area contributed by atoms with Gasteiger partial charge in [-0.15, -0.1) is 0 Å². The van der Waals surface area contributed by atoms with Crippen molar-refractivity contribution in [3.05, 3.63) is 0 Å². The van der Waals surface area contributed by atoms with Crippen molar-refractivity contribution in [3.63, 3.8) is 0 Å². The Balaban J connectivity index is 1.09. The number of hydrogen-bond donors (Lipinski definition) is 2. The van der Waals surface area contributed by atoms with Crippen molar-refractivity contribution in [3.8, 4) is 0 Å². The molecular formula is C23H45N5. The molecule has 4 saturated heterocycles. The number of piperazine rings is 1. The van der Waals surface area contributed by atoms with E-state index in [0.717, 1.165) is 23.7 Å². The number of nitrogens with one attached hydrogen (secondary N) is 2. The summed E-state index contributed by atoms with van der Waals surface area (Å²) in [4.78, 5) is 8.25. The maximum absolute atomic E-state index is 3.63. The summed E-state index contributed by atoms with van der Waals surface area (Å²) < 4.78 is 0. The van der Waals surface area contributed by atoms with Crippen LogP contribution in [0.15, 0.2) is 0 Å². The van der Waals surface area contributed by atoms with Gasteiger partial charge in [0.1, 0.15) is 0 Å². The van der Waals surface area contributed by atoms with E-state index < -0.39 is 0 Å². The summed E-state index contributed by atoms with van der Waals surface area (Å²) in [7, 11) is 0. The van der Waals surface area contributed by atoms with Gasteiger partial charge in [0.15, 0.2) is 0 Å². The van der Waals surface area contributed by atoms with Crippen molar-refractivity contribution in [2.75, 3.05) is 85.1 Å². The zero-order chi connectivity index (χ0) is 19.2. The Labute approximate surface area is 173 Å². The SMILES string of the molecule is C[C@H]1CNC[C@@H](CN2CCC(CN3CCC(CN4CCNCC4)CC3)CC2)C1. The summed E-state index contributed by atoms with van der Waals surface area (Å²) in [5.41, 5.74) is 0. The summed E-state index contributed by atoms with van der Waals surface area (Å²) in [5.74, 6) is 3.65. The molecule has 5 heteroatoms. The quantitative estimate of drug-likeness (QED) is 0.718. The summed E-state index contributed by atoms with van der Waals surface area (Å²) in [6, 6.07) is 0. The van der Waals surface area contributed by atoms with Crippen LogP contribution in [0.5, 0.6) is 0 Å². The van der Waals surface area contributed by atoms with Crippen molar-refractivity contribution in [2.24, 2.45) is 23.7 Å². The van der Waals surface area contributed by atoms with Crippen LogP contribution in [0.3, 0.4) is 0 Å². The largest absolute Gasteiger partial charge is 0.316 e. The van der Waals surface area contributed by atoms with E-state index in [0.29, 0.717) is 0 Å². The topological polar surface area (TPSA) is 33.8 Å². The van der Waals surface area contributed by atoms with E-state index in [1.807, 2.05) is 0 Å². The number of hydrogen-bond acceptors (Lipinski definition) is 5. The molecule has 0 bridgehead atoms. The molecule has 162 valence electrons. The van der Waals surface area contributed by atoms with E-state index in [9.17, 15) is 0 Å². The summed E-state index contributed by atoms with van der Waals surface area (Å²) >= 11 is 0. The van der Waals surface area contributed by atoms with Gasteiger partial charge in [0.05, 0.1) is 0 Å². The van der Waals surface area contributed by atoms with E-state index in [2.05, 4.69) is 32.3 Å². The van der Waals surface area contributed by atoms with Gasteiger partial charge in [-0.1, -0.05) is 6.92 Å². The Kier molecular flexibility index (Phi) is 8.06. The predicted octanol–water partition coefficient (Wildman–Crippen LogP) is 1.56. The molecule has 0 aromatic rings. The van der Waals surface area contributed by atoms with Crippen molar-refractivity contribution in [1.29, 1.82) is 0 Å². The van der Waals surface area contributed by atoms with Crippen LogP contribution in [0.4, 0.5) is 0 Å². The zero-order valence-corrected chi connectivity index (χ0v) is 18.4. The van der Waals surface area contributed by atoms with Crippen LogP contribution in [-0.4, -0.2) is 99.8 Å². The van der Waals surface area contributed by atoms with Crippen molar-refractivity contribution >= 4 is 0 Å². The Hall–Kier alpha value is -0.200. The first-order valence-corrected chi connectivity index (χ1v) is 12.3. The first-order valence-electron chi connectivity index (χ1n) is 12.3. The number of nitrogens with zero attached hydrogens (tertiary/aromatic N) is 3. The van der Waals surface area contributed by atoms with E-state index >= 15 is 0 Å². The molecule has 0 aromatic heterocycles. The monoisotopic (exact) mass is 391 g/mol. The van der Waals surface area contributed by atoms with Gasteiger partial charge < -0.3 is 25.3 Å². The van der Waals surface area contributed by atoms with E-state index in [4.69, 9.17) is 0 Å². The molecule has 0 saturated carbocycles. The van der Waals surface area contributed by atoms with Gasteiger partial charge in [0, 0.05) is 45.8 Å². The third-order valence-electron chi connectivity index (χ3n) is 7.83. The summed E-state index contributed by atoms with van der Waals surface area (Å²) in [6.45, 7) is 19.2. The minimum atomic E-state index is 0.866. The van der Waals surface area contributed by atoms with Gasteiger partial charge in [-0.3, -0.25) is 0 Å². The van der Waals surface area contributed by atoms with Gasteiger partial charge in [-0.25, -0.2) is 0 Å². The normalized spacial score (nSPS) is 33.3. The van der Waals surface area contributed by atoms with Gasteiger partial charge in [-0.2, -0.15) is 0 Å². The first-order chi connectivity index (χ1) is 13.7. The average molecular weight is 392 g/mol. The molecule has 2 N–H and O–H groups in total. The van der Waals surface area contributed by atoms with Crippen LogP contribution in [0.1, 0.15) is 39.0 Å². The van der Waals surface area contributed by atoms with Crippen LogP contribution < -0.4 is 10.6 Å². The molecule has 2 atom stereocenters. The minimum absolute atomic E-state index is 0.866. The smallest absolute Gasteiger partial charge is 0.0107 e. The van der Waals surface area contributed by atoms with E-state index in [1.54, 1.807) is 0 Å². The van der Waals surface area contributed by atoms with Gasteiger partial charge in [-0.05, 0) is 95.0 Å². The molecule has 5 nitrogen and oxygen atoms in total. The van der Waals surface area contributed by atoms with Crippen molar-refractivity contribution in [2.45, 2.75) is 39.0 Å². The number of piperidine rings is 3. The lowest BCUT2D eigenvalue weighted by atomic mass is 9.89. The first kappa shape index (κ1) is 21.0. The lowest BCUT2D eigenvalue weighted by Gasteiger charge is -2.40. The van der Waals surface area contributed by atoms with Crippen molar-refractivity contribution in [1.82, 2.24) is 25.3 Å². The van der Waals surface area contributed by atoms with Gasteiger partial charge in [0.2, 0.25) is 0 Å². The molecule has 0 aromatic carbocycles. The molecule has 4 rings (SSSR count). The minimum Gasteiger partial charge on any atom is -0.316 e. The fraction of sp³-hybridized carbons (Fsp3) is 1.00. The van der Waals surface area contributed by atoms with Gasteiger partial charge in [0.25, 0.3) is 0 Å². The Morgan fingerprint density at radius 1 is 0.607 bits per heavy atom. The lowest BCUT2D eigenvalue weighted by Crippen LogP contribution is -2.47. The second-order valence-corrected chi connectivity index (χ2v) is 10.4. The molecule has 4 aliphatic rings. The van der Waals surface area contributed by atoms with Crippen LogP contribution >= 0.6 is 0 Å². The standard InChI is InChI=1S/C23H45N5/c1-20-14-23(16-25-15-20)19-27-10-4-21(5-11-27)17-26-8-2-22(3-9-26)18-28-12-6-24-7-13-28/h20-25H,2-19H2,1H3/t20-,23+/m1/s1. The highest BCUT2D eigenvalue weighted by atomic mass is 15.2. The highest BCUT2D eigenvalue weighted by Gasteiger charge is 2.27. The van der Waals surface area contributed by atoms with E-state index in [-0.39, 0.29) is 0 Å². The maximum atomic E-state index is 3.63. The molecule has 0 spiro atoms. The Morgan fingerprint density at radius 3 is 1.64 bits per heavy atom. The van der Waals surface area contributed by atoms with Crippen LogP contribution in [0, 0.1) is 23.7 Å². The molecular weight excluding hydrogens is 346 g/mol.